The number of hydrogen-bond donors (Lipinski definition) is 0. The smallest absolute Gasteiger partial charge is 0.332 e. The number of thioether (sulfide) groups is 1. The first kappa shape index (κ1) is 9.58. The second-order valence-corrected chi connectivity index (χ2v) is 3.93. The van der Waals surface area contributed by atoms with Crippen molar-refractivity contribution in [3.05, 3.63) is 11.8 Å². The SMILES string of the molecule is CCOC(=O)/C=C1/CSC2=NCCN21. The van der Waals surface area contributed by atoms with E-state index in [4.69, 9.17) is 4.74 Å². The van der Waals surface area contributed by atoms with E-state index in [1.54, 1.807) is 17.8 Å². The zero-order valence-electron chi connectivity index (χ0n) is 8.02. The Balaban J connectivity index is 2.05. The lowest BCUT2D eigenvalue weighted by Crippen LogP contribution is -2.20. The molecule has 0 unspecified atom stereocenters. The van der Waals surface area contributed by atoms with Crippen LogP contribution >= 0.6 is 11.8 Å². The number of fused-ring (bicyclic) bond motifs is 1. The number of esters is 1. The van der Waals surface area contributed by atoms with Gasteiger partial charge in [-0.1, -0.05) is 11.8 Å². The van der Waals surface area contributed by atoms with Crippen molar-refractivity contribution in [1.29, 1.82) is 0 Å². The van der Waals surface area contributed by atoms with Crippen molar-refractivity contribution in [3.8, 4) is 0 Å². The molecular weight excluding hydrogens is 200 g/mol. The van der Waals surface area contributed by atoms with Crippen LogP contribution in [0, 0.1) is 0 Å². The van der Waals surface area contributed by atoms with Gasteiger partial charge in [-0.15, -0.1) is 0 Å². The summed E-state index contributed by atoms with van der Waals surface area (Å²) in [6.45, 7) is 3.97. The second kappa shape index (κ2) is 4.04. The molecule has 14 heavy (non-hydrogen) atoms. The van der Waals surface area contributed by atoms with E-state index in [9.17, 15) is 4.79 Å². The highest BCUT2D eigenvalue weighted by Gasteiger charge is 2.28. The summed E-state index contributed by atoms with van der Waals surface area (Å²) in [5.74, 6) is 0.578. The number of rotatable bonds is 2. The lowest BCUT2D eigenvalue weighted by molar-refractivity contribution is -0.137. The summed E-state index contributed by atoms with van der Waals surface area (Å²) in [5.41, 5.74) is 1.02. The molecule has 0 saturated carbocycles. The number of carbonyl (C=O) groups excluding carboxylic acids is 1. The number of hydrogen-bond acceptors (Lipinski definition) is 5. The topological polar surface area (TPSA) is 41.9 Å². The third-order valence-corrected chi connectivity index (χ3v) is 3.12. The molecule has 4 nitrogen and oxygen atoms in total. The zero-order chi connectivity index (χ0) is 9.97. The Hall–Kier alpha value is -0.970. The van der Waals surface area contributed by atoms with Crippen LogP contribution in [-0.2, 0) is 9.53 Å². The average molecular weight is 212 g/mol. The van der Waals surface area contributed by atoms with Crippen molar-refractivity contribution in [2.75, 3.05) is 25.4 Å². The maximum atomic E-state index is 11.2. The molecule has 76 valence electrons. The molecule has 0 aromatic carbocycles. The van der Waals surface area contributed by atoms with Crippen LogP contribution in [0.2, 0.25) is 0 Å². The molecule has 2 heterocycles. The van der Waals surface area contributed by atoms with Crippen LogP contribution in [-0.4, -0.2) is 41.5 Å². The monoisotopic (exact) mass is 212 g/mol. The van der Waals surface area contributed by atoms with Gasteiger partial charge in [0.2, 0.25) is 0 Å². The zero-order valence-corrected chi connectivity index (χ0v) is 8.84. The van der Waals surface area contributed by atoms with Gasteiger partial charge in [0.05, 0.1) is 13.2 Å². The van der Waals surface area contributed by atoms with Crippen LogP contribution in [0.25, 0.3) is 0 Å². The first-order valence-electron chi connectivity index (χ1n) is 4.63. The summed E-state index contributed by atoms with van der Waals surface area (Å²) < 4.78 is 4.86. The van der Waals surface area contributed by atoms with Gasteiger partial charge in [-0.3, -0.25) is 4.99 Å². The highest BCUT2D eigenvalue weighted by Crippen LogP contribution is 2.29. The molecule has 5 heteroatoms. The fraction of sp³-hybridized carbons (Fsp3) is 0.556. The molecule has 0 spiro atoms. The van der Waals surface area contributed by atoms with Crippen molar-refractivity contribution >= 4 is 22.9 Å². The van der Waals surface area contributed by atoms with Gasteiger partial charge in [-0.05, 0) is 6.92 Å². The van der Waals surface area contributed by atoms with Crippen molar-refractivity contribution in [2.24, 2.45) is 4.99 Å². The largest absolute Gasteiger partial charge is 0.463 e. The number of ether oxygens (including phenoxy) is 1. The average Bonchev–Trinajstić information content (AvgIpc) is 2.70. The molecule has 0 atom stereocenters. The summed E-state index contributed by atoms with van der Waals surface area (Å²) >= 11 is 1.68. The number of carbonyl (C=O) groups is 1. The third kappa shape index (κ3) is 1.77. The van der Waals surface area contributed by atoms with E-state index in [2.05, 4.69) is 9.89 Å². The minimum atomic E-state index is -0.253. The van der Waals surface area contributed by atoms with E-state index >= 15 is 0 Å². The highest BCUT2D eigenvalue weighted by atomic mass is 32.2. The third-order valence-electron chi connectivity index (χ3n) is 2.07. The van der Waals surface area contributed by atoms with Crippen LogP contribution in [0.4, 0.5) is 0 Å². The van der Waals surface area contributed by atoms with E-state index < -0.39 is 0 Å². The highest BCUT2D eigenvalue weighted by molar-refractivity contribution is 8.14. The quantitative estimate of drug-likeness (QED) is 0.503. The molecule has 1 fully saturated rings. The molecule has 0 aromatic heterocycles. The minimum Gasteiger partial charge on any atom is -0.463 e. The molecule has 0 N–H and O–H groups in total. The van der Waals surface area contributed by atoms with E-state index in [0.29, 0.717) is 6.61 Å². The van der Waals surface area contributed by atoms with Crippen molar-refractivity contribution in [3.63, 3.8) is 0 Å². The summed E-state index contributed by atoms with van der Waals surface area (Å²) in [4.78, 5) is 17.6. The molecule has 0 amide bonds. The predicted octanol–water partition coefficient (Wildman–Crippen LogP) is 0.852. The van der Waals surface area contributed by atoms with Gasteiger partial charge in [0.25, 0.3) is 0 Å². The van der Waals surface area contributed by atoms with E-state index in [1.807, 2.05) is 6.92 Å². The van der Waals surface area contributed by atoms with Gasteiger partial charge in [0, 0.05) is 24.1 Å². The van der Waals surface area contributed by atoms with Gasteiger partial charge in [-0.25, -0.2) is 4.79 Å². The predicted molar refractivity (Wildman–Crippen MR) is 56.2 cm³/mol. The Morgan fingerprint density at radius 2 is 2.64 bits per heavy atom. The van der Waals surface area contributed by atoms with Gasteiger partial charge in [-0.2, -0.15) is 0 Å². The van der Waals surface area contributed by atoms with Crippen molar-refractivity contribution in [1.82, 2.24) is 4.90 Å². The molecule has 0 radical (unpaired) electrons. The van der Waals surface area contributed by atoms with Crippen LogP contribution in [0.3, 0.4) is 0 Å². The maximum absolute atomic E-state index is 11.2. The normalized spacial score (nSPS) is 22.5. The minimum absolute atomic E-state index is 0.253. The molecule has 0 bridgehead atoms. The summed E-state index contributed by atoms with van der Waals surface area (Å²) in [5, 5.41) is 1.04. The fourth-order valence-electron chi connectivity index (χ4n) is 1.47. The Kier molecular flexibility index (Phi) is 2.77. The number of nitrogens with zero attached hydrogens (tertiary/aromatic N) is 2. The molecule has 2 aliphatic rings. The van der Waals surface area contributed by atoms with Crippen LogP contribution in [0.5, 0.6) is 0 Å². The van der Waals surface area contributed by atoms with E-state index in [1.165, 1.54) is 0 Å². The molecule has 1 saturated heterocycles. The fourth-order valence-corrected chi connectivity index (χ4v) is 2.54. The van der Waals surface area contributed by atoms with Crippen LogP contribution in [0.1, 0.15) is 6.92 Å². The van der Waals surface area contributed by atoms with Crippen molar-refractivity contribution in [2.45, 2.75) is 6.92 Å². The Morgan fingerprint density at radius 1 is 1.79 bits per heavy atom. The van der Waals surface area contributed by atoms with E-state index in [0.717, 1.165) is 29.7 Å². The van der Waals surface area contributed by atoms with Crippen LogP contribution in [0.15, 0.2) is 16.8 Å². The molecular formula is C9H12N2O2S. The van der Waals surface area contributed by atoms with Crippen molar-refractivity contribution < 1.29 is 9.53 Å². The molecule has 2 aliphatic heterocycles. The molecule has 0 aliphatic carbocycles. The summed E-state index contributed by atoms with van der Waals surface area (Å²) in [6.07, 6.45) is 1.57. The second-order valence-electron chi connectivity index (χ2n) is 2.99. The van der Waals surface area contributed by atoms with Gasteiger partial charge in [0.1, 0.15) is 0 Å². The first-order valence-corrected chi connectivity index (χ1v) is 5.62. The Bertz CT molecular complexity index is 312. The van der Waals surface area contributed by atoms with Crippen LogP contribution < -0.4 is 0 Å². The Labute approximate surface area is 87.0 Å². The molecule has 2 rings (SSSR count). The lowest BCUT2D eigenvalue weighted by Gasteiger charge is -2.12. The number of amidine groups is 1. The van der Waals surface area contributed by atoms with Gasteiger partial charge < -0.3 is 9.64 Å². The molecule has 0 aromatic rings. The Morgan fingerprint density at radius 3 is 3.43 bits per heavy atom. The number of aliphatic imine (C=N–C) groups is 1. The maximum Gasteiger partial charge on any atom is 0.332 e. The van der Waals surface area contributed by atoms with Gasteiger partial charge in [0.15, 0.2) is 5.17 Å². The summed E-state index contributed by atoms with van der Waals surface area (Å²) in [7, 11) is 0. The first-order chi connectivity index (χ1) is 6.81. The van der Waals surface area contributed by atoms with E-state index in [-0.39, 0.29) is 5.97 Å². The van der Waals surface area contributed by atoms with Gasteiger partial charge >= 0.3 is 5.97 Å². The standard InChI is InChI=1S/C9H12N2O2S/c1-2-13-8(12)5-7-6-14-9-10-3-4-11(7)9/h5H,2-4,6H2,1H3/b7-5-. The lowest BCUT2D eigenvalue weighted by atomic mass is 10.4. The summed E-state index contributed by atoms with van der Waals surface area (Å²) in [6, 6.07) is 0.